The maximum Gasteiger partial charge on any atom is 0.263 e. The molecule has 4 aromatic heterocycles. The normalized spacial score (nSPS) is 11.0. The first-order valence-corrected chi connectivity index (χ1v) is 10.5. The van der Waals surface area contributed by atoms with Crippen LogP contribution >= 0.6 is 11.3 Å². The molecule has 0 unspecified atom stereocenters. The van der Waals surface area contributed by atoms with Crippen LogP contribution in [0.4, 0.5) is 5.82 Å². The zero-order chi connectivity index (χ0) is 21.4. The van der Waals surface area contributed by atoms with Crippen LogP contribution in [-0.2, 0) is 0 Å². The van der Waals surface area contributed by atoms with E-state index < -0.39 is 0 Å². The molecule has 0 aliphatic heterocycles. The summed E-state index contributed by atoms with van der Waals surface area (Å²) in [4.78, 5) is 30.6. The molecule has 5 rings (SSSR count). The predicted molar refractivity (Wildman–Crippen MR) is 123 cm³/mol. The number of aromatic nitrogens is 2. The van der Waals surface area contributed by atoms with Crippen molar-refractivity contribution >= 4 is 38.7 Å². The summed E-state index contributed by atoms with van der Waals surface area (Å²) in [5.41, 5.74) is 2.26. The number of hydrogen-bond donors (Lipinski definition) is 1. The van der Waals surface area contributed by atoms with Gasteiger partial charge in [-0.2, -0.15) is 0 Å². The number of nitrogens with one attached hydrogen (secondary N) is 1. The Bertz CT molecular complexity index is 1490. The quantitative estimate of drug-likeness (QED) is 0.446. The van der Waals surface area contributed by atoms with E-state index in [-0.39, 0.29) is 11.5 Å². The first kappa shape index (κ1) is 19.0. The summed E-state index contributed by atoms with van der Waals surface area (Å²) < 4.78 is 7.71. The van der Waals surface area contributed by atoms with Gasteiger partial charge in [-0.1, -0.05) is 18.2 Å². The lowest BCUT2D eigenvalue weighted by atomic mass is 10.1. The molecule has 4 heterocycles. The van der Waals surface area contributed by atoms with E-state index >= 15 is 0 Å². The number of hydrogen-bond acceptors (Lipinski definition) is 5. The molecule has 1 amide bonds. The lowest BCUT2D eigenvalue weighted by molar-refractivity contribution is 0.102. The van der Waals surface area contributed by atoms with Gasteiger partial charge in [-0.15, -0.1) is 11.3 Å². The van der Waals surface area contributed by atoms with Gasteiger partial charge in [0, 0.05) is 23.3 Å². The Morgan fingerprint density at radius 2 is 2.00 bits per heavy atom. The molecule has 152 valence electrons. The molecule has 0 radical (unpaired) electrons. The first-order valence-electron chi connectivity index (χ1n) is 9.58. The van der Waals surface area contributed by atoms with E-state index in [4.69, 9.17) is 4.74 Å². The summed E-state index contributed by atoms with van der Waals surface area (Å²) in [6, 6.07) is 18.3. The van der Waals surface area contributed by atoms with Gasteiger partial charge >= 0.3 is 0 Å². The summed E-state index contributed by atoms with van der Waals surface area (Å²) in [7, 11) is 1.59. The van der Waals surface area contributed by atoms with Gasteiger partial charge < -0.3 is 10.1 Å². The maximum absolute atomic E-state index is 13.4. The lowest BCUT2D eigenvalue weighted by Gasteiger charge is -2.11. The van der Waals surface area contributed by atoms with E-state index in [1.807, 2.05) is 47.8 Å². The van der Waals surface area contributed by atoms with E-state index in [1.165, 1.54) is 11.3 Å². The van der Waals surface area contributed by atoms with Gasteiger partial charge in [0.15, 0.2) is 0 Å². The van der Waals surface area contributed by atoms with Crippen LogP contribution in [0.25, 0.3) is 26.7 Å². The highest BCUT2D eigenvalue weighted by atomic mass is 32.1. The number of thiophene rings is 1. The van der Waals surface area contributed by atoms with Gasteiger partial charge in [0.1, 0.15) is 11.6 Å². The van der Waals surface area contributed by atoms with Crippen LogP contribution in [0.15, 0.2) is 83.2 Å². The van der Waals surface area contributed by atoms with Crippen molar-refractivity contribution < 1.29 is 9.53 Å². The average Bonchev–Trinajstić information content (AvgIpc) is 3.30. The number of methoxy groups -OCH3 is 1. The minimum absolute atomic E-state index is 0.201. The Morgan fingerprint density at radius 3 is 2.81 bits per heavy atom. The van der Waals surface area contributed by atoms with Crippen molar-refractivity contribution in [1.29, 1.82) is 0 Å². The van der Waals surface area contributed by atoms with Crippen molar-refractivity contribution in [3.8, 4) is 16.9 Å². The summed E-state index contributed by atoms with van der Waals surface area (Å²) in [5, 5.41) is 5.53. The standard InChI is InChI=1S/C24H17N3O3S/c1-30-16-6-4-5-15(13-16)17-8-9-20-22-18(10-12-31-22)19(14-27(20)24(17)29)23(28)26-21-7-2-3-11-25-21/h2-14H,1H3,(H,25,26,28). The fourth-order valence-electron chi connectivity index (χ4n) is 3.60. The molecule has 0 bridgehead atoms. The number of ether oxygens (including phenoxy) is 1. The second-order valence-corrected chi connectivity index (χ2v) is 7.83. The van der Waals surface area contributed by atoms with E-state index in [2.05, 4.69) is 10.3 Å². The van der Waals surface area contributed by atoms with Gasteiger partial charge in [0.05, 0.1) is 22.9 Å². The zero-order valence-corrected chi connectivity index (χ0v) is 17.3. The van der Waals surface area contributed by atoms with Crippen molar-refractivity contribution in [2.24, 2.45) is 0 Å². The topological polar surface area (TPSA) is 72.7 Å². The Labute approximate surface area is 181 Å². The SMILES string of the molecule is COc1cccc(-c2ccc3c4sccc4c(C(=O)Nc4ccccn4)cn3c2=O)c1. The molecule has 1 N–H and O–H groups in total. The Morgan fingerprint density at radius 1 is 1.10 bits per heavy atom. The summed E-state index contributed by atoms with van der Waals surface area (Å²) >= 11 is 1.50. The number of anilines is 1. The minimum atomic E-state index is -0.317. The number of nitrogens with zero attached hydrogens (tertiary/aromatic N) is 2. The first-order chi connectivity index (χ1) is 15.2. The molecule has 0 saturated carbocycles. The average molecular weight is 427 g/mol. The molecule has 0 aliphatic rings. The Kier molecular flexibility index (Phi) is 4.72. The van der Waals surface area contributed by atoms with Crippen LogP contribution < -0.4 is 15.6 Å². The molecule has 0 spiro atoms. The van der Waals surface area contributed by atoms with Crippen molar-refractivity contribution in [1.82, 2.24) is 9.38 Å². The number of rotatable bonds is 4. The van der Waals surface area contributed by atoms with Crippen LogP contribution in [0, 0.1) is 0 Å². The van der Waals surface area contributed by atoms with Gasteiger partial charge in [-0.05, 0) is 53.4 Å². The van der Waals surface area contributed by atoms with Crippen LogP contribution in [0.5, 0.6) is 5.75 Å². The molecule has 31 heavy (non-hydrogen) atoms. The fraction of sp³-hybridized carbons (Fsp3) is 0.0417. The number of amides is 1. The highest BCUT2D eigenvalue weighted by Crippen LogP contribution is 2.30. The lowest BCUT2D eigenvalue weighted by Crippen LogP contribution is -2.19. The zero-order valence-electron chi connectivity index (χ0n) is 16.5. The molecule has 7 heteroatoms. The van der Waals surface area contributed by atoms with Gasteiger partial charge in [0.2, 0.25) is 0 Å². The van der Waals surface area contributed by atoms with E-state index in [1.54, 1.807) is 42.1 Å². The largest absolute Gasteiger partial charge is 0.497 e. The van der Waals surface area contributed by atoms with Crippen LogP contribution in [0.2, 0.25) is 0 Å². The van der Waals surface area contributed by atoms with Gasteiger partial charge in [0.25, 0.3) is 11.5 Å². The highest BCUT2D eigenvalue weighted by molar-refractivity contribution is 7.18. The molecule has 1 aromatic carbocycles. The second-order valence-electron chi connectivity index (χ2n) is 6.91. The molecule has 6 nitrogen and oxygen atoms in total. The minimum Gasteiger partial charge on any atom is -0.497 e. The smallest absolute Gasteiger partial charge is 0.263 e. The summed E-state index contributed by atoms with van der Waals surface area (Å²) in [6.45, 7) is 0. The highest BCUT2D eigenvalue weighted by Gasteiger charge is 2.17. The van der Waals surface area contributed by atoms with Gasteiger partial charge in [-0.25, -0.2) is 4.98 Å². The molecule has 0 fully saturated rings. The van der Waals surface area contributed by atoms with Crippen molar-refractivity contribution in [2.75, 3.05) is 12.4 Å². The number of benzene rings is 1. The Hall–Kier alpha value is -3.97. The molecular formula is C24H17N3O3S. The third-order valence-corrected chi connectivity index (χ3v) is 6.03. The van der Waals surface area contributed by atoms with Crippen LogP contribution in [0.1, 0.15) is 10.4 Å². The molecular weight excluding hydrogens is 410 g/mol. The van der Waals surface area contributed by atoms with E-state index in [0.717, 1.165) is 21.2 Å². The number of fused-ring (bicyclic) bond motifs is 3. The van der Waals surface area contributed by atoms with Crippen molar-refractivity contribution in [3.63, 3.8) is 0 Å². The third kappa shape index (κ3) is 3.35. The number of pyridine rings is 3. The molecule has 0 aliphatic carbocycles. The third-order valence-electron chi connectivity index (χ3n) is 5.09. The van der Waals surface area contributed by atoms with Gasteiger partial charge in [-0.3, -0.25) is 14.0 Å². The summed E-state index contributed by atoms with van der Waals surface area (Å²) in [5.74, 6) is 0.808. The van der Waals surface area contributed by atoms with E-state index in [0.29, 0.717) is 22.7 Å². The number of carbonyl (C=O) groups excluding carboxylic acids is 1. The fourth-order valence-corrected chi connectivity index (χ4v) is 4.53. The van der Waals surface area contributed by atoms with Crippen molar-refractivity contribution in [2.45, 2.75) is 0 Å². The molecule has 0 saturated heterocycles. The summed E-state index contributed by atoms with van der Waals surface area (Å²) in [6.07, 6.45) is 3.22. The molecule has 5 aromatic rings. The number of carbonyl (C=O) groups is 1. The predicted octanol–water partition coefficient (Wildman–Crippen LogP) is 4.84. The van der Waals surface area contributed by atoms with Crippen LogP contribution in [0.3, 0.4) is 0 Å². The van der Waals surface area contributed by atoms with Crippen LogP contribution in [-0.4, -0.2) is 22.4 Å². The Balaban J connectivity index is 1.69. The van der Waals surface area contributed by atoms with E-state index in [9.17, 15) is 9.59 Å². The molecule has 0 atom stereocenters. The monoisotopic (exact) mass is 427 g/mol. The maximum atomic E-state index is 13.4. The van der Waals surface area contributed by atoms with Crippen molar-refractivity contribution in [3.05, 3.63) is 94.4 Å². The second kappa shape index (κ2) is 7.70.